The molecule has 0 aromatic heterocycles. The van der Waals surface area contributed by atoms with E-state index in [2.05, 4.69) is 52.1 Å². The highest BCUT2D eigenvalue weighted by Gasteiger charge is 2.34. The number of nitrogens with one attached hydrogen (secondary N) is 3. The number of rotatable bonds is 7. The molecule has 1 heterocycles. The molecule has 31 heavy (non-hydrogen) atoms. The van der Waals surface area contributed by atoms with E-state index in [9.17, 15) is 4.79 Å². The lowest BCUT2D eigenvalue weighted by atomic mass is 9.88. The maximum Gasteiger partial charge on any atom is 0.240 e. The molecule has 176 valence electrons. The molecular weight excluding hydrogens is 505 g/mol. The van der Waals surface area contributed by atoms with E-state index in [-0.39, 0.29) is 53.5 Å². The van der Waals surface area contributed by atoms with Crippen molar-refractivity contribution in [3.63, 3.8) is 0 Å². The predicted octanol–water partition coefficient (Wildman–Crippen LogP) is 2.93. The summed E-state index contributed by atoms with van der Waals surface area (Å²) in [5, 5.41) is 10.3. The van der Waals surface area contributed by atoms with E-state index in [4.69, 9.17) is 4.74 Å². The minimum Gasteiger partial charge on any atom is -0.381 e. The lowest BCUT2D eigenvalue weighted by Gasteiger charge is -2.41. The molecule has 2 rings (SSSR count). The monoisotopic (exact) mass is 545 g/mol. The Morgan fingerprint density at radius 3 is 2.39 bits per heavy atom. The lowest BCUT2D eigenvalue weighted by Crippen LogP contribution is -2.58. The predicted molar refractivity (Wildman–Crippen MR) is 138 cm³/mol. The van der Waals surface area contributed by atoms with Gasteiger partial charge in [-0.15, -0.1) is 24.0 Å². The van der Waals surface area contributed by atoms with Crippen molar-refractivity contribution in [2.75, 3.05) is 40.4 Å². The summed E-state index contributed by atoms with van der Waals surface area (Å²) < 4.78 is 5.63. The first-order valence-electron chi connectivity index (χ1n) is 10.8. The molecule has 1 aromatic rings. The van der Waals surface area contributed by atoms with Crippen molar-refractivity contribution in [1.29, 1.82) is 0 Å². The molecule has 1 unspecified atom stereocenters. The third-order valence-electron chi connectivity index (χ3n) is 5.33. The van der Waals surface area contributed by atoms with Gasteiger partial charge in [-0.3, -0.25) is 9.79 Å². The Balaban J connectivity index is 0.00000480. The van der Waals surface area contributed by atoms with Gasteiger partial charge in [0, 0.05) is 51.0 Å². The van der Waals surface area contributed by atoms with Gasteiger partial charge in [-0.05, 0) is 46.1 Å². The largest absolute Gasteiger partial charge is 0.381 e. The Hall–Kier alpha value is -1.39. The fourth-order valence-electron chi connectivity index (χ4n) is 3.80. The van der Waals surface area contributed by atoms with E-state index in [1.54, 1.807) is 7.05 Å². The third-order valence-corrected chi connectivity index (χ3v) is 5.33. The van der Waals surface area contributed by atoms with Gasteiger partial charge in [-0.25, -0.2) is 0 Å². The van der Waals surface area contributed by atoms with Crippen molar-refractivity contribution >= 4 is 35.8 Å². The van der Waals surface area contributed by atoms with Gasteiger partial charge in [0.05, 0.1) is 6.54 Å². The number of aliphatic imine (C=N–C) groups is 1. The first-order chi connectivity index (χ1) is 14.1. The third kappa shape index (κ3) is 9.33. The summed E-state index contributed by atoms with van der Waals surface area (Å²) in [5.74, 6) is 0.684. The Bertz CT molecular complexity index is 700. The fourth-order valence-corrected chi connectivity index (χ4v) is 3.80. The number of hydrogen-bond donors (Lipinski definition) is 3. The highest BCUT2D eigenvalue weighted by molar-refractivity contribution is 14.0. The second kappa shape index (κ2) is 12.6. The maximum atomic E-state index is 12.3. The highest BCUT2D eigenvalue weighted by Crippen LogP contribution is 2.25. The highest BCUT2D eigenvalue weighted by atomic mass is 127. The molecule has 1 aromatic carbocycles. The lowest BCUT2D eigenvalue weighted by molar-refractivity contribution is -0.122. The van der Waals surface area contributed by atoms with Gasteiger partial charge in [-0.1, -0.05) is 30.3 Å². The van der Waals surface area contributed by atoms with E-state index in [0.29, 0.717) is 12.5 Å². The quantitative estimate of drug-likeness (QED) is 0.279. The zero-order valence-corrected chi connectivity index (χ0v) is 22.2. The number of halogens is 1. The molecule has 3 N–H and O–H groups in total. The number of hydrogen-bond acceptors (Lipinski definition) is 4. The molecule has 1 fully saturated rings. The van der Waals surface area contributed by atoms with Gasteiger partial charge < -0.3 is 25.6 Å². The average molecular weight is 546 g/mol. The maximum absolute atomic E-state index is 12.3. The van der Waals surface area contributed by atoms with Crippen LogP contribution >= 0.6 is 24.0 Å². The van der Waals surface area contributed by atoms with Crippen LogP contribution < -0.4 is 16.0 Å². The number of carbonyl (C=O) groups excluding carboxylic acids is 1. The van der Waals surface area contributed by atoms with Gasteiger partial charge >= 0.3 is 0 Å². The van der Waals surface area contributed by atoms with E-state index in [1.165, 1.54) is 5.56 Å². The number of nitrogens with zero attached hydrogens (tertiary/aromatic N) is 2. The average Bonchev–Trinajstić information content (AvgIpc) is 2.68. The van der Waals surface area contributed by atoms with Crippen molar-refractivity contribution in [1.82, 2.24) is 20.9 Å². The van der Waals surface area contributed by atoms with E-state index in [1.807, 2.05) is 38.8 Å². The van der Waals surface area contributed by atoms with Crippen molar-refractivity contribution in [2.24, 2.45) is 4.99 Å². The van der Waals surface area contributed by atoms with Crippen LogP contribution in [-0.2, 0) is 9.53 Å². The normalized spacial score (nSPS) is 17.3. The topological polar surface area (TPSA) is 78.0 Å². The van der Waals surface area contributed by atoms with Crippen LogP contribution in [0.2, 0.25) is 0 Å². The number of ether oxygens (including phenoxy) is 1. The molecule has 1 aliphatic rings. The minimum absolute atomic E-state index is 0. The van der Waals surface area contributed by atoms with E-state index in [0.717, 1.165) is 26.1 Å². The Kier molecular flexibility index (Phi) is 11.2. The minimum atomic E-state index is -0.251. The summed E-state index contributed by atoms with van der Waals surface area (Å²) >= 11 is 0. The molecule has 0 aliphatic carbocycles. The molecule has 1 amide bonds. The Morgan fingerprint density at radius 2 is 1.84 bits per heavy atom. The second-order valence-corrected chi connectivity index (χ2v) is 9.22. The summed E-state index contributed by atoms with van der Waals surface area (Å²) in [5.41, 5.74) is 0.917. The first kappa shape index (κ1) is 27.6. The van der Waals surface area contributed by atoms with Gasteiger partial charge in [-0.2, -0.15) is 0 Å². The molecule has 1 atom stereocenters. The van der Waals surface area contributed by atoms with Crippen LogP contribution in [-0.4, -0.2) is 68.2 Å². The molecule has 1 saturated heterocycles. The number of guanidine groups is 1. The summed E-state index contributed by atoms with van der Waals surface area (Å²) in [6, 6.07) is 10.7. The Morgan fingerprint density at radius 1 is 1.23 bits per heavy atom. The van der Waals surface area contributed by atoms with Crippen molar-refractivity contribution in [3.05, 3.63) is 35.9 Å². The molecule has 0 radical (unpaired) electrons. The zero-order valence-electron chi connectivity index (χ0n) is 19.8. The van der Waals surface area contributed by atoms with Crippen LogP contribution in [0.3, 0.4) is 0 Å². The van der Waals surface area contributed by atoms with Crippen molar-refractivity contribution in [3.8, 4) is 0 Å². The molecule has 8 heteroatoms. The van der Waals surface area contributed by atoms with Gasteiger partial charge in [0.1, 0.15) is 0 Å². The summed E-state index contributed by atoms with van der Waals surface area (Å²) in [6.45, 7) is 10.6. The summed E-state index contributed by atoms with van der Waals surface area (Å²) in [4.78, 5) is 18.5. The van der Waals surface area contributed by atoms with Crippen LogP contribution in [0.4, 0.5) is 0 Å². The number of likely N-dealkylation sites (N-methyl/N-ethyl adjacent to an activating group) is 1. The van der Waals surface area contributed by atoms with Gasteiger partial charge in [0.15, 0.2) is 5.96 Å². The van der Waals surface area contributed by atoms with Crippen LogP contribution in [0.15, 0.2) is 35.3 Å². The fraction of sp³-hybridized carbons (Fsp3) is 0.652. The molecule has 0 bridgehead atoms. The standard InChI is InChI=1S/C23H39N5O2.HI/c1-18(19-10-8-7-9-11-19)26-23(12-14-30-15-13-23)17-25-21(24-5)28(6)16-20(29)27-22(2,3)4;/h7-11,18,26H,12-17H2,1-6H3,(H,24,25)(H,27,29);1H. The molecule has 0 spiro atoms. The smallest absolute Gasteiger partial charge is 0.240 e. The van der Waals surface area contributed by atoms with Gasteiger partial charge in [0.2, 0.25) is 5.91 Å². The van der Waals surface area contributed by atoms with Crippen LogP contribution in [0.5, 0.6) is 0 Å². The summed E-state index contributed by atoms with van der Waals surface area (Å²) in [7, 11) is 3.63. The molecule has 0 saturated carbocycles. The zero-order chi connectivity index (χ0) is 22.2. The molecule has 1 aliphatic heterocycles. The Labute approximate surface area is 204 Å². The summed E-state index contributed by atoms with van der Waals surface area (Å²) in [6.07, 6.45) is 1.84. The van der Waals surface area contributed by atoms with E-state index >= 15 is 0 Å². The van der Waals surface area contributed by atoms with Crippen LogP contribution in [0.25, 0.3) is 0 Å². The number of carbonyl (C=O) groups is 1. The van der Waals surface area contributed by atoms with Gasteiger partial charge in [0.25, 0.3) is 0 Å². The van der Waals surface area contributed by atoms with E-state index < -0.39 is 0 Å². The number of benzene rings is 1. The molecular formula is C23H40IN5O2. The van der Waals surface area contributed by atoms with Crippen molar-refractivity contribution < 1.29 is 9.53 Å². The van der Waals surface area contributed by atoms with Crippen molar-refractivity contribution in [2.45, 2.75) is 57.7 Å². The second-order valence-electron chi connectivity index (χ2n) is 9.22. The SMILES string of the molecule is CN=C(NCC1(NC(C)c2ccccc2)CCOCC1)N(C)CC(=O)NC(C)(C)C.I. The first-order valence-corrected chi connectivity index (χ1v) is 10.8. The molecule has 7 nitrogen and oxygen atoms in total. The van der Waals surface area contributed by atoms with Crippen LogP contribution in [0.1, 0.15) is 52.1 Å². The number of amides is 1. The van der Waals surface area contributed by atoms with Crippen LogP contribution in [0, 0.1) is 0 Å².